The minimum absolute atomic E-state index is 0.0809. The van der Waals surface area contributed by atoms with Crippen molar-refractivity contribution in [1.29, 1.82) is 0 Å². The number of nitrogens with zero attached hydrogens (tertiary/aromatic N) is 6. The highest BCUT2D eigenvalue weighted by molar-refractivity contribution is 5.98. The Hall–Kier alpha value is -5.03. The number of phenolic OH excluding ortho intramolecular Hbond substituents is 1. The van der Waals surface area contributed by atoms with Gasteiger partial charge in [-0.25, -0.2) is 14.5 Å². The number of phenols is 1. The van der Waals surface area contributed by atoms with Gasteiger partial charge in [-0.1, -0.05) is 18.2 Å². The largest absolute Gasteiger partial charge is 0.508 e. The summed E-state index contributed by atoms with van der Waals surface area (Å²) >= 11 is 0. The number of aromatic hydroxyl groups is 1. The summed E-state index contributed by atoms with van der Waals surface area (Å²) in [5, 5.41) is 22.6. The number of hydrogen-bond donors (Lipinski definition) is 4. The van der Waals surface area contributed by atoms with E-state index in [9.17, 15) is 9.90 Å². The highest BCUT2D eigenvalue weighted by atomic mass is 16.3. The first-order chi connectivity index (χ1) is 17.9. The average Bonchev–Trinajstić information content (AvgIpc) is 3.48. The zero-order valence-corrected chi connectivity index (χ0v) is 19.9. The highest BCUT2D eigenvalue weighted by Gasteiger charge is 2.19. The normalized spacial score (nSPS) is 11.5. The van der Waals surface area contributed by atoms with Gasteiger partial charge in [-0.05, 0) is 54.4 Å². The van der Waals surface area contributed by atoms with E-state index >= 15 is 0 Å². The third kappa shape index (κ3) is 3.78. The van der Waals surface area contributed by atoms with Crippen LogP contribution < -0.4 is 17.0 Å². The number of hydrogen-bond acceptors (Lipinski definition) is 8. The molecule has 4 heterocycles. The number of nitrogen functional groups attached to an aromatic ring is 1. The molecule has 0 saturated heterocycles. The molecule has 2 aromatic carbocycles. The lowest BCUT2D eigenvalue weighted by molar-refractivity contribution is 0.475. The third-order valence-electron chi connectivity index (χ3n) is 6.28. The monoisotopic (exact) mass is 493 g/mol. The molecule has 0 aliphatic rings. The number of fused-ring (bicyclic) bond motifs is 2. The number of rotatable bonds is 5. The maximum absolute atomic E-state index is 13.5. The predicted octanol–water partition coefficient (Wildman–Crippen LogP) is 2.46. The van der Waals surface area contributed by atoms with Gasteiger partial charge in [0.2, 0.25) is 0 Å². The zero-order chi connectivity index (χ0) is 25.7. The summed E-state index contributed by atoms with van der Waals surface area (Å²) in [5.41, 5.74) is 16.3. The van der Waals surface area contributed by atoms with Gasteiger partial charge in [0.15, 0.2) is 5.65 Å². The maximum atomic E-state index is 13.5. The fraction of sp³-hybridized carbons (Fsp3) is 0.115. The Labute approximate surface area is 210 Å². The molecule has 0 fully saturated rings. The molecule has 11 heteroatoms. The van der Waals surface area contributed by atoms with Crippen molar-refractivity contribution in [2.45, 2.75) is 19.9 Å². The van der Waals surface area contributed by atoms with Crippen LogP contribution in [-0.2, 0) is 13.0 Å². The maximum Gasteiger partial charge on any atom is 0.282 e. The number of anilines is 1. The van der Waals surface area contributed by atoms with Gasteiger partial charge in [0, 0.05) is 18.3 Å². The number of aryl methyl sites for hydroxylation is 1. The molecule has 0 radical (unpaired) electrons. The fourth-order valence-corrected chi connectivity index (χ4v) is 4.58. The van der Waals surface area contributed by atoms with Crippen molar-refractivity contribution in [1.82, 2.24) is 34.3 Å². The van der Waals surface area contributed by atoms with Gasteiger partial charge < -0.3 is 16.6 Å². The van der Waals surface area contributed by atoms with E-state index in [1.54, 1.807) is 27.4 Å². The molecular formula is C26H23N9O2. The van der Waals surface area contributed by atoms with Gasteiger partial charge in [0.1, 0.15) is 28.7 Å². The smallest absolute Gasteiger partial charge is 0.282 e. The van der Waals surface area contributed by atoms with E-state index < -0.39 is 0 Å². The predicted molar refractivity (Wildman–Crippen MR) is 139 cm³/mol. The zero-order valence-electron chi connectivity index (χ0n) is 19.9. The SMILES string of the molecule is Cc1ccn2nc(Cc3nc(N)c4c(-c5cc(O)cc(CN)c5)[nH]nc4n3)n(-c3ccccc3)c(=O)c12. The molecule has 0 saturated carbocycles. The quantitative estimate of drug-likeness (QED) is 0.284. The lowest BCUT2D eigenvalue weighted by Gasteiger charge is -2.13. The number of nitrogens with two attached hydrogens (primary N) is 2. The van der Waals surface area contributed by atoms with Crippen LogP contribution in [0.2, 0.25) is 0 Å². The minimum atomic E-state index is -0.186. The lowest BCUT2D eigenvalue weighted by atomic mass is 10.1. The summed E-state index contributed by atoms with van der Waals surface area (Å²) in [6.07, 6.45) is 1.90. The molecule has 0 unspecified atom stereocenters. The van der Waals surface area contributed by atoms with Crippen LogP contribution in [0, 0.1) is 6.92 Å². The van der Waals surface area contributed by atoms with Gasteiger partial charge in [0.25, 0.3) is 5.56 Å². The minimum Gasteiger partial charge on any atom is -0.508 e. The molecule has 0 aliphatic carbocycles. The molecule has 0 atom stereocenters. The number of aromatic nitrogens is 7. The summed E-state index contributed by atoms with van der Waals surface area (Å²) in [4.78, 5) is 22.7. The summed E-state index contributed by atoms with van der Waals surface area (Å²) < 4.78 is 3.15. The van der Waals surface area contributed by atoms with E-state index in [1.165, 1.54) is 0 Å². The van der Waals surface area contributed by atoms with Crippen LogP contribution in [0.3, 0.4) is 0 Å². The van der Waals surface area contributed by atoms with Crippen LogP contribution in [0.15, 0.2) is 65.6 Å². The van der Waals surface area contributed by atoms with Crippen LogP contribution >= 0.6 is 0 Å². The summed E-state index contributed by atoms with van der Waals surface area (Å²) in [5.74, 6) is 1.11. The van der Waals surface area contributed by atoms with E-state index in [4.69, 9.17) is 16.6 Å². The average molecular weight is 494 g/mol. The fourth-order valence-electron chi connectivity index (χ4n) is 4.58. The second-order valence-electron chi connectivity index (χ2n) is 8.78. The van der Waals surface area contributed by atoms with Gasteiger partial charge in [-0.2, -0.15) is 10.2 Å². The first kappa shape index (κ1) is 22.4. The van der Waals surface area contributed by atoms with E-state index in [2.05, 4.69) is 20.2 Å². The van der Waals surface area contributed by atoms with Crippen molar-refractivity contribution in [2.24, 2.45) is 5.73 Å². The number of nitrogens with one attached hydrogen (secondary N) is 1. The van der Waals surface area contributed by atoms with Gasteiger partial charge in [-0.15, -0.1) is 0 Å². The van der Waals surface area contributed by atoms with E-state index in [0.717, 1.165) is 11.1 Å². The highest BCUT2D eigenvalue weighted by Crippen LogP contribution is 2.32. The molecule has 37 heavy (non-hydrogen) atoms. The van der Waals surface area contributed by atoms with Gasteiger partial charge in [-0.3, -0.25) is 14.5 Å². The second-order valence-corrected chi connectivity index (χ2v) is 8.78. The van der Waals surface area contributed by atoms with Crippen molar-refractivity contribution in [3.05, 3.63) is 93.9 Å². The molecular weight excluding hydrogens is 470 g/mol. The van der Waals surface area contributed by atoms with Crippen LogP contribution in [0.1, 0.15) is 22.8 Å². The van der Waals surface area contributed by atoms with Crippen LogP contribution in [-0.4, -0.2) is 39.5 Å². The molecule has 6 rings (SSSR count). The molecule has 184 valence electrons. The van der Waals surface area contributed by atoms with Crippen molar-refractivity contribution < 1.29 is 5.11 Å². The number of H-pyrrole nitrogens is 1. The molecule has 0 bridgehead atoms. The lowest BCUT2D eigenvalue weighted by Crippen LogP contribution is -2.27. The Kier molecular flexibility index (Phi) is 5.20. The van der Waals surface area contributed by atoms with Crippen LogP contribution in [0.4, 0.5) is 5.82 Å². The molecule has 0 spiro atoms. The molecule has 0 aliphatic heterocycles. The van der Waals surface area contributed by atoms with E-state index in [0.29, 0.717) is 45.1 Å². The summed E-state index contributed by atoms with van der Waals surface area (Å²) in [6, 6.07) is 16.2. The van der Waals surface area contributed by atoms with Gasteiger partial charge in [0.05, 0.1) is 23.2 Å². The van der Waals surface area contributed by atoms with Crippen molar-refractivity contribution in [3.8, 4) is 22.7 Å². The molecule has 11 nitrogen and oxygen atoms in total. The van der Waals surface area contributed by atoms with E-state index in [1.807, 2.05) is 49.4 Å². The number of benzene rings is 2. The van der Waals surface area contributed by atoms with Crippen LogP contribution in [0.5, 0.6) is 5.75 Å². The number of para-hydroxylation sites is 1. The van der Waals surface area contributed by atoms with Crippen molar-refractivity contribution in [3.63, 3.8) is 0 Å². The summed E-state index contributed by atoms with van der Waals surface area (Å²) in [6.45, 7) is 2.15. The first-order valence-electron chi connectivity index (χ1n) is 11.6. The Balaban J connectivity index is 1.48. The van der Waals surface area contributed by atoms with Crippen LogP contribution in [0.25, 0.3) is 33.5 Å². The Morgan fingerprint density at radius 1 is 1.08 bits per heavy atom. The molecule has 4 aromatic heterocycles. The van der Waals surface area contributed by atoms with Crippen molar-refractivity contribution in [2.75, 3.05) is 5.73 Å². The van der Waals surface area contributed by atoms with Gasteiger partial charge >= 0.3 is 0 Å². The van der Waals surface area contributed by atoms with E-state index in [-0.39, 0.29) is 30.1 Å². The van der Waals surface area contributed by atoms with Crippen molar-refractivity contribution >= 4 is 22.4 Å². The molecule has 6 aromatic rings. The first-order valence-corrected chi connectivity index (χ1v) is 11.6. The third-order valence-corrected chi connectivity index (χ3v) is 6.28. The topological polar surface area (TPSA) is 166 Å². The second kappa shape index (κ2) is 8.57. The number of aromatic amines is 1. The Bertz CT molecular complexity index is 1850. The molecule has 6 N–H and O–H groups in total. The standard InChI is InChI=1S/C26H23N9O2/c1-14-7-8-34-23(14)26(37)35(17-5-3-2-4-6-17)20(33-34)12-19-29-24(28)21-22(31-32-25(21)30-19)16-9-15(13-27)10-18(36)11-16/h2-11,36H,12-13,27H2,1H3,(H3,28,29,30,31,32). The summed E-state index contributed by atoms with van der Waals surface area (Å²) in [7, 11) is 0. The Morgan fingerprint density at radius 3 is 2.68 bits per heavy atom. The Morgan fingerprint density at radius 2 is 1.89 bits per heavy atom. The molecule has 0 amide bonds.